The molecule has 6 nitrogen and oxygen atoms in total. The van der Waals surface area contributed by atoms with Crippen LogP contribution in [0, 0.1) is 5.82 Å². The molecule has 0 unspecified atom stereocenters. The van der Waals surface area contributed by atoms with Gasteiger partial charge in [-0.25, -0.2) is 4.39 Å². The van der Waals surface area contributed by atoms with Crippen molar-refractivity contribution in [3.8, 4) is 11.4 Å². The van der Waals surface area contributed by atoms with Gasteiger partial charge in [-0.05, 0) is 37.1 Å². The Morgan fingerprint density at radius 3 is 2.90 bits per heavy atom. The molecule has 1 fully saturated rings. The van der Waals surface area contributed by atoms with Gasteiger partial charge in [-0.3, -0.25) is 9.36 Å². The van der Waals surface area contributed by atoms with E-state index >= 15 is 0 Å². The highest BCUT2D eigenvalue weighted by molar-refractivity contribution is 7.99. The van der Waals surface area contributed by atoms with Gasteiger partial charge in [0.2, 0.25) is 5.91 Å². The molecule has 2 N–H and O–H groups in total. The van der Waals surface area contributed by atoms with E-state index in [9.17, 15) is 9.18 Å². The van der Waals surface area contributed by atoms with E-state index in [0.717, 1.165) is 40.3 Å². The fourth-order valence-electron chi connectivity index (χ4n) is 3.37. The van der Waals surface area contributed by atoms with E-state index in [1.165, 1.54) is 23.9 Å². The number of hydrogen-bond donors (Lipinski definition) is 2. The van der Waals surface area contributed by atoms with E-state index in [0.29, 0.717) is 11.7 Å². The fraction of sp³-hybridized carbons (Fsp3) is 0.190. The van der Waals surface area contributed by atoms with E-state index in [-0.39, 0.29) is 17.5 Å². The van der Waals surface area contributed by atoms with Crippen molar-refractivity contribution in [2.45, 2.75) is 24.0 Å². The third-order valence-electron chi connectivity index (χ3n) is 4.85. The van der Waals surface area contributed by atoms with Gasteiger partial charge in [0.25, 0.3) is 0 Å². The predicted octanol–water partition coefficient (Wildman–Crippen LogP) is 4.63. The van der Waals surface area contributed by atoms with E-state index in [2.05, 4.69) is 31.1 Å². The molecule has 1 aliphatic carbocycles. The summed E-state index contributed by atoms with van der Waals surface area (Å²) >= 11 is 1.34. The average Bonchev–Trinajstić information content (AvgIpc) is 3.32. The minimum Gasteiger partial charge on any atom is -0.360 e. The SMILES string of the molecule is O=C(CSc1nnc(-c2c[nH]c3ccccc23)n1C1CC1)Nc1cccc(F)c1. The highest BCUT2D eigenvalue weighted by Gasteiger charge is 2.31. The number of amides is 1. The van der Waals surface area contributed by atoms with Crippen LogP contribution in [0.1, 0.15) is 18.9 Å². The molecule has 1 aliphatic rings. The summed E-state index contributed by atoms with van der Waals surface area (Å²) in [5.41, 5.74) is 2.51. The number of carbonyl (C=O) groups is 1. The Kier molecular flexibility index (Phi) is 4.55. The van der Waals surface area contributed by atoms with Gasteiger partial charge in [-0.15, -0.1) is 10.2 Å². The summed E-state index contributed by atoms with van der Waals surface area (Å²) in [5, 5.41) is 13.3. The lowest BCUT2D eigenvalue weighted by Gasteiger charge is -2.09. The maximum atomic E-state index is 13.3. The first kappa shape index (κ1) is 17.9. The lowest BCUT2D eigenvalue weighted by molar-refractivity contribution is -0.113. The van der Waals surface area contributed by atoms with E-state index in [1.54, 1.807) is 12.1 Å². The highest BCUT2D eigenvalue weighted by atomic mass is 32.2. The van der Waals surface area contributed by atoms with Gasteiger partial charge in [-0.2, -0.15) is 0 Å². The lowest BCUT2D eigenvalue weighted by atomic mass is 10.1. The molecule has 4 aromatic rings. The van der Waals surface area contributed by atoms with Crippen molar-refractivity contribution < 1.29 is 9.18 Å². The first-order chi connectivity index (χ1) is 14.2. The second-order valence-electron chi connectivity index (χ2n) is 7.00. The molecule has 2 heterocycles. The number of anilines is 1. The van der Waals surface area contributed by atoms with Crippen LogP contribution in [0.5, 0.6) is 0 Å². The Bertz CT molecular complexity index is 1200. The van der Waals surface area contributed by atoms with Crippen molar-refractivity contribution >= 4 is 34.3 Å². The average molecular weight is 407 g/mol. The molecule has 146 valence electrons. The summed E-state index contributed by atoms with van der Waals surface area (Å²) in [7, 11) is 0. The summed E-state index contributed by atoms with van der Waals surface area (Å²) < 4.78 is 15.4. The van der Waals surface area contributed by atoms with Crippen LogP contribution in [0.2, 0.25) is 0 Å². The number of fused-ring (bicyclic) bond motifs is 1. The maximum absolute atomic E-state index is 13.3. The topological polar surface area (TPSA) is 75.6 Å². The van der Waals surface area contributed by atoms with Crippen molar-refractivity contribution in [2.75, 3.05) is 11.1 Å². The quantitative estimate of drug-likeness (QED) is 0.457. The van der Waals surface area contributed by atoms with Gasteiger partial charge in [0.05, 0.1) is 5.75 Å². The zero-order valence-electron chi connectivity index (χ0n) is 15.4. The normalized spacial score (nSPS) is 13.7. The molecule has 0 atom stereocenters. The highest BCUT2D eigenvalue weighted by Crippen LogP contribution is 2.42. The molecule has 0 bridgehead atoms. The molecule has 1 saturated carbocycles. The Morgan fingerprint density at radius 2 is 2.07 bits per heavy atom. The van der Waals surface area contributed by atoms with Crippen LogP contribution in [-0.4, -0.2) is 31.4 Å². The first-order valence-corrected chi connectivity index (χ1v) is 10.4. The van der Waals surface area contributed by atoms with E-state index < -0.39 is 0 Å². The van der Waals surface area contributed by atoms with Crippen molar-refractivity contribution in [3.63, 3.8) is 0 Å². The van der Waals surface area contributed by atoms with E-state index in [4.69, 9.17) is 0 Å². The molecule has 0 spiro atoms. The summed E-state index contributed by atoms with van der Waals surface area (Å²) in [4.78, 5) is 15.6. The number of para-hydroxylation sites is 1. The number of halogens is 1. The van der Waals surface area contributed by atoms with Crippen LogP contribution in [-0.2, 0) is 4.79 Å². The van der Waals surface area contributed by atoms with Crippen LogP contribution in [0.4, 0.5) is 10.1 Å². The van der Waals surface area contributed by atoms with E-state index in [1.807, 2.05) is 24.4 Å². The number of nitrogens with one attached hydrogen (secondary N) is 2. The summed E-state index contributed by atoms with van der Waals surface area (Å²) in [6.07, 6.45) is 4.12. The molecule has 2 aromatic heterocycles. The number of benzene rings is 2. The third kappa shape index (κ3) is 3.63. The zero-order chi connectivity index (χ0) is 19.8. The van der Waals surface area contributed by atoms with Crippen molar-refractivity contribution in [1.29, 1.82) is 0 Å². The largest absolute Gasteiger partial charge is 0.360 e. The molecule has 0 aliphatic heterocycles. The number of H-pyrrole nitrogens is 1. The minimum absolute atomic E-state index is 0.176. The van der Waals surface area contributed by atoms with Gasteiger partial charge in [0.15, 0.2) is 11.0 Å². The first-order valence-electron chi connectivity index (χ1n) is 9.38. The predicted molar refractivity (Wildman–Crippen MR) is 111 cm³/mol. The van der Waals surface area contributed by atoms with Crippen LogP contribution >= 0.6 is 11.8 Å². The second-order valence-corrected chi connectivity index (χ2v) is 7.94. The molecule has 0 radical (unpaired) electrons. The smallest absolute Gasteiger partial charge is 0.234 e. The third-order valence-corrected chi connectivity index (χ3v) is 5.79. The summed E-state index contributed by atoms with van der Waals surface area (Å²) in [6.45, 7) is 0. The summed E-state index contributed by atoms with van der Waals surface area (Å²) in [5.74, 6) is 0.403. The maximum Gasteiger partial charge on any atom is 0.234 e. The fourth-order valence-corrected chi connectivity index (χ4v) is 4.18. The number of carbonyl (C=O) groups excluding carboxylic acids is 1. The van der Waals surface area contributed by atoms with Crippen LogP contribution in [0.25, 0.3) is 22.3 Å². The number of aromatic nitrogens is 4. The van der Waals surface area contributed by atoms with Gasteiger partial charge >= 0.3 is 0 Å². The molecule has 8 heteroatoms. The molecule has 2 aromatic carbocycles. The standard InChI is InChI=1S/C21H18FN5OS/c22-13-4-3-5-14(10-13)24-19(28)12-29-21-26-25-20(27(21)15-8-9-15)17-11-23-18-7-2-1-6-16(17)18/h1-7,10-11,15,23H,8-9,12H2,(H,24,28). The number of hydrogen-bond acceptors (Lipinski definition) is 4. The Labute approximate surface area is 170 Å². The molecule has 0 saturated heterocycles. The molecule has 1 amide bonds. The van der Waals surface area contributed by atoms with Crippen molar-refractivity contribution in [2.24, 2.45) is 0 Å². The monoisotopic (exact) mass is 407 g/mol. The van der Waals surface area contributed by atoms with Crippen LogP contribution in [0.3, 0.4) is 0 Å². The van der Waals surface area contributed by atoms with Crippen molar-refractivity contribution in [1.82, 2.24) is 19.7 Å². The van der Waals surface area contributed by atoms with Crippen LogP contribution < -0.4 is 5.32 Å². The number of nitrogens with zero attached hydrogens (tertiary/aromatic N) is 3. The van der Waals surface area contributed by atoms with Gasteiger partial charge in [0, 0.05) is 34.4 Å². The van der Waals surface area contributed by atoms with Gasteiger partial charge < -0.3 is 10.3 Å². The summed E-state index contributed by atoms with van der Waals surface area (Å²) in [6, 6.07) is 14.3. The second kappa shape index (κ2) is 7.36. The number of aromatic amines is 1. The number of thioether (sulfide) groups is 1. The minimum atomic E-state index is -0.382. The van der Waals surface area contributed by atoms with Gasteiger partial charge in [-0.1, -0.05) is 36.0 Å². The molecular formula is C21H18FN5OS. The lowest BCUT2D eigenvalue weighted by Crippen LogP contribution is -2.14. The number of rotatable bonds is 6. The Morgan fingerprint density at radius 1 is 1.21 bits per heavy atom. The van der Waals surface area contributed by atoms with Crippen LogP contribution in [0.15, 0.2) is 59.9 Å². The van der Waals surface area contributed by atoms with Gasteiger partial charge in [0.1, 0.15) is 5.82 Å². The molecular weight excluding hydrogens is 389 g/mol. The Hall–Kier alpha value is -3.13. The Balaban J connectivity index is 1.37. The molecule has 29 heavy (non-hydrogen) atoms. The van der Waals surface area contributed by atoms with Crippen molar-refractivity contribution in [3.05, 3.63) is 60.5 Å². The molecule has 5 rings (SSSR count). The zero-order valence-corrected chi connectivity index (χ0v) is 16.2.